The molecule has 3 nitrogen and oxygen atoms in total. The van der Waals surface area contributed by atoms with Crippen molar-refractivity contribution in [2.45, 2.75) is 6.54 Å². The highest BCUT2D eigenvalue weighted by Gasteiger charge is 2.08. The van der Waals surface area contributed by atoms with Crippen molar-refractivity contribution in [2.24, 2.45) is 0 Å². The Labute approximate surface area is 92.2 Å². The van der Waals surface area contributed by atoms with Gasteiger partial charge in [-0.1, -0.05) is 29.8 Å². The van der Waals surface area contributed by atoms with Gasteiger partial charge in [0.05, 0.1) is 17.6 Å². The molecule has 0 amide bonds. The van der Waals surface area contributed by atoms with E-state index >= 15 is 0 Å². The molecule has 15 heavy (non-hydrogen) atoms. The average molecular weight is 224 g/mol. The van der Waals surface area contributed by atoms with Gasteiger partial charge in [0.25, 0.3) is 0 Å². The number of halogens is 1. The van der Waals surface area contributed by atoms with Gasteiger partial charge in [0.1, 0.15) is 6.54 Å². The van der Waals surface area contributed by atoms with Crippen molar-refractivity contribution in [1.29, 1.82) is 0 Å². The van der Waals surface area contributed by atoms with Crippen LogP contribution in [0.15, 0.2) is 30.5 Å². The molecule has 0 fully saturated rings. The van der Waals surface area contributed by atoms with Crippen LogP contribution in [0.2, 0.25) is 5.02 Å². The quantitative estimate of drug-likeness (QED) is 0.733. The van der Waals surface area contributed by atoms with E-state index in [1.165, 1.54) is 7.11 Å². The number of hydrogen-bond acceptors (Lipinski definition) is 2. The van der Waals surface area contributed by atoms with Gasteiger partial charge < -0.3 is 9.30 Å². The first-order chi connectivity index (χ1) is 7.22. The highest BCUT2D eigenvalue weighted by molar-refractivity contribution is 6.35. The summed E-state index contributed by atoms with van der Waals surface area (Å²) in [5.74, 6) is -0.285. The third kappa shape index (κ3) is 1.83. The van der Waals surface area contributed by atoms with Gasteiger partial charge in [-0.25, -0.2) is 0 Å². The summed E-state index contributed by atoms with van der Waals surface area (Å²) in [6, 6.07) is 7.67. The van der Waals surface area contributed by atoms with E-state index in [-0.39, 0.29) is 12.5 Å². The van der Waals surface area contributed by atoms with E-state index in [4.69, 9.17) is 11.6 Å². The number of carbonyl (C=O) groups excluding carboxylic acids is 1. The molecule has 0 bridgehead atoms. The van der Waals surface area contributed by atoms with Crippen LogP contribution in [0.3, 0.4) is 0 Å². The minimum absolute atomic E-state index is 0.184. The van der Waals surface area contributed by atoms with Crippen LogP contribution >= 0.6 is 11.6 Å². The molecule has 1 aromatic heterocycles. The van der Waals surface area contributed by atoms with Crippen molar-refractivity contribution < 1.29 is 9.53 Å². The molecule has 0 atom stereocenters. The number of aromatic nitrogens is 1. The predicted octanol–water partition coefficient (Wildman–Crippen LogP) is 2.47. The Morgan fingerprint density at radius 1 is 1.47 bits per heavy atom. The Morgan fingerprint density at radius 3 is 2.93 bits per heavy atom. The summed E-state index contributed by atoms with van der Waals surface area (Å²) in [4.78, 5) is 11.1. The van der Waals surface area contributed by atoms with Gasteiger partial charge in [-0.3, -0.25) is 4.79 Å². The normalized spacial score (nSPS) is 10.5. The molecule has 0 spiro atoms. The van der Waals surface area contributed by atoms with Crippen LogP contribution in [0, 0.1) is 0 Å². The molecule has 0 aliphatic rings. The van der Waals surface area contributed by atoms with Gasteiger partial charge >= 0.3 is 5.97 Å². The number of benzene rings is 1. The number of nitrogens with zero attached hydrogens (tertiary/aromatic N) is 1. The molecule has 0 aliphatic heterocycles. The zero-order valence-electron chi connectivity index (χ0n) is 8.24. The Kier molecular flexibility index (Phi) is 2.64. The Bertz CT molecular complexity index is 504. The van der Waals surface area contributed by atoms with Crippen molar-refractivity contribution in [3.8, 4) is 0 Å². The van der Waals surface area contributed by atoms with Crippen LogP contribution in [0.25, 0.3) is 10.9 Å². The molecule has 1 heterocycles. The van der Waals surface area contributed by atoms with Crippen LogP contribution in [0.1, 0.15) is 0 Å². The number of hydrogen-bond donors (Lipinski definition) is 0. The van der Waals surface area contributed by atoms with Crippen LogP contribution < -0.4 is 0 Å². The van der Waals surface area contributed by atoms with Gasteiger partial charge in [-0.05, 0) is 6.07 Å². The first-order valence-corrected chi connectivity index (χ1v) is 4.90. The molecule has 0 aliphatic carbocycles. The average Bonchev–Trinajstić information content (AvgIpc) is 2.57. The zero-order valence-corrected chi connectivity index (χ0v) is 8.99. The molecule has 0 radical (unpaired) electrons. The van der Waals surface area contributed by atoms with E-state index in [0.29, 0.717) is 5.02 Å². The van der Waals surface area contributed by atoms with Gasteiger partial charge in [0.2, 0.25) is 0 Å². The minimum atomic E-state index is -0.285. The van der Waals surface area contributed by atoms with Crippen molar-refractivity contribution in [3.63, 3.8) is 0 Å². The van der Waals surface area contributed by atoms with Crippen LogP contribution in [-0.4, -0.2) is 17.6 Å². The Hall–Kier alpha value is -1.48. The summed E-state index contributed by atoms with van der Waals surface area (Å²) >= 11 is 6.03. The molecule has 2 rings (SSSR count). The molecule has 78 valence electrons. The fourth-order valence-electron chi connectivity index (χ4n) is 1.54. The number of fused-ring (bicyclic) bond motifs is 1. The maximum Gasteiger partial charge on any atom is 0.325 e. The molecule has 0 N–H and O–H groups in total. The molecule has 1 aromatic carbocycles. The molecule has 2 aromatic rings. The van der Waals surface area contributed by atoms with Gasteiger partial charge in [-0.2, -0.15) is 0 Å². The van der Waals surface area contributed by atoms with Crippen molar-refractivity contribution in [1.82, 2.24) is 4.57 Å². The largest absolute Gasteiger partial charge is 0.468 e. The van der Waals surface area contributed by atoms with Crippen LogP contribution in [0.5, 0.6) is 0 Å². The van der Waals surface area contributed by atoms with Gasteiger partial charge in [0, 0.05) is 11.6 Å². The van der Waals surface area contributed by atoms with Crippen molar-refractivity contribution >= 4 is 28.5 Å². The maximum absolute atomic E-state index is 11.1. The van der Waals surface area contributed by atoms with E-state index in [2.05, 4.69) is 4.74 Å². The Balaban J connectivity index is 2.48. The van der Waals surface area contributed by atoms with E-state index in [1.54, 1.807) is 10.8 Å². The highest BCUT2D eigenvalue weighted by Crippen LogP contribution is 2.25. The summed E-state index contributed by atoms with van der Waals surface area (Å²) in [5.41, 5.74) is 0.938. The number of ether oxygens (including phenoxy) is 1. The molecule has 0 saturated carbocycles. The number of rotatable bonds is 2. The van der Waals surface area contributed by atoms with E-state index in [1.807, 2.05) is 24.3 Å². The number of esters is 1. The Morgan fingerprint density at radius 2 is 2.20 bits per heavy atom. The second kappa shape index (κ2) is 3.95. The summed E-state index contributed by atoms with van der Waals surface area (Å²) < 4.78 is 6.39. The summed E-state index contributed by atoms with van der Waals surface area (Å²) in [6.07, 6.45) is 1.74. The molecular weight excluding hydrogens is 214 g/mol. The third-order valence-electron chi connectivity index (χ3n) is 2.27. The topological polar surface area (TPSA) is 31.2 Å². The van der Waals surface area contributed by atoms with Crippen molar-refractivity contribution in [2.75, 3.05) is 7.11 Å². The predicted molar refractivity (Wildman–Crippen MR) is 59.0 cm³/mol. The lowest BCUT2D eigenvalue weighted by Gasteiger charge is -2.02. The molecular formula is C11H10ClNO2. The fraction of sp³-hybridized carbons (Fsp3) is 0.182. The lowest BCUT2D eigenvalue weighted by molar-refractivity contribution is -0.141. The highest BCUT2D eigenvalue weighted by atomic mass is 35.5. The zero-order chi connectivity index (χ0) is 10.8. The van der Waals surface area contributed by atoms with E-state index < -0.39 is 0 Å². The maximum atomic E-state index is 11.1. The second-order valence-corrected chi connectivity index (χ2v) is 3.61. The molecule has 0 unspecified atom stereocenters. The van der Waals surface area contributed by atoms with Gasteiger partial charge in [-0.15, -0.1) is 0 Å². The first-order valence-electron chi connectivity index (χ1n) is 4.52. The molecule has 4 heteroatoms. The third-order valence-corrected chi connectivity index (χ3v) is 2.57. The van der Waals surface area contributed by atoms with Crippen LogP contribution in [0.4, 0.5) is 0 Å². The number of methoxy groups -OCH3 is 1. The second-order valence-electron chi connectivity index (χ2n) is 3.20. The lowest BCUT2D eigenvalue weighted by Crippen LogP contribution is -2.10. The van der Waals surface area contributed by atoms with Gasteiger partial charge in [0.15, 0.2) is 0 Å². The number of carbonyl (C=O) groups is 1. The monoisotopic (exact) mass is 223 g/mol. The van der Waals surface area contributed by atoms with Crippen molar-refractivity contribution in [3.05, 3.63) is 35.5 Å². The smallest absolute Gasteiger partial charge is 0.325 e. The van der Waals surface area contributed by atoms with Crippen LogP contribution in [-0.2, 0) is 16.1 Å². The summed E-state index contributed by atoms with van der Waals surface area (Å²) in [6.45, 7) is 0.184. The first kappa shape index (κ1) is 10.1. The summed E-state index contributed by atoms with van der Waals surface area (Å²) in [7, 11) is 1.37. The minimum Gasteiger partial charge on any atom is -0.468 e. The lowest BCUT2D eigenvalue weighted by atomic mass is 10.2. The summed E-state index contributed by atoms with van der Waals surface area (Å²) in [5, 5.41) is 1.59. The standard InChI is InChI=1S/C11H10ClNO2/c1-15-11(14)7-13-6-9(12)8-4-2-3-5-10(8)13/h2-6H,7H2,1H3. The fourth-order valence-corrected chi connectivity index (χ4v) is 1.81. The van der Waals surface area contributed by atoms with E-state index in [9.17, 15) is 4.79 Å². The SMILES string of the molecule is COC(=O)Cn1cc(Cl)c2ccccc21. The number of para-hydroxylation sites is 1. The van der Waals surface area contributed by atoms with E-state index in [0.717, 1.165) is 10.9 Å². The molecule has 0 saturated heterocycles.